The molecule has 0 saturated carbocycles. The number of hydrogen-bond acceptors (Lipinski definition) is 4. The third kappa shape index (κ3) is 5.56. The summed E-state index contributed by atoms with van der Waals surface area (Å²) in [6.45, 7) is 5.68. The van der Waals surface area contributed by atoms with E-state index < -0.39 is 11.7 Å². The van der Waals surface area contributed by atoms with Gasteiger partial charge in [-0.3, -0.25) is 4.79 Å². The number of phenols is 1. The van der Waals surface area contributed by atoms with Crippen LogP contribution in [0.1, 0.15) is 36.7 Å². The molecule has 0 aromatic heterocycles. The monoisotopic (exact) mass is 277 g/mol. The highest BCUT2D eigenvalue weighted by Crippen LogP contribution is 2.17. The lowest BCUT2D eigenvalue weighted by atomic mass is 10.1. The van der Waals surface area contributed by atoms with E-state index in [1.54, 1.807) is 39.0 Å². The topological polar surface area (TPSA) is 75.6 Å². The molecule has 0 radical (unpaired) electrons. The smallest absolute Gasteiger partial charge is 0.407 e. The van der Waals surface area contributed by atoms with Crippen molar-refractivity contribution in [1.82, 2.24) is 5.32 Å². The standard InChI is InChI=1S/C15H19NO4/c1-15(2,3)20-14(19)16-8-4-5-11-6-7-12(10-17)13(18)9-11/h4-7,9-10,18H,8H2,1-3H3,(H,16,19). The van der Waals surface area contributed by atoms with Crippen molar-refractivity contribution in [3.8, 4) is 5.75 Å². The lowest BCUT2D eigenvalue weighted by Gasteiger charge is -2.19. The molecule has 2 N–H and O–H groups in total. The highest BCUT2D eigenvalue weighted by Gasteiger charge is 2.14. The van der Waals surface area contributed by atoms with Gasteiger partial charge in [0, 0.05) is 6.54 Å². The van der Waals surface area contributed by atoms with Gasteiger partial charge in [-0.2, -0.15) is 0 Å². The Morgan fingerprint density at radius 1 is 1.40 bits per heavy atom. The number of amides is 1. The van der Waals surface area contributed by atoms with Crippen LogP contribution in [-0.4, -0.2) is 29.6 Å². The Labute approximate surface area is 118 Å². The fraction of sp³-hybridized carbons (Fsp3) is 0.333. The molecule has 0 saturated heterocycles. The Bertz CT molecular complexity index is 515. The molecule has 20 heavy (non-hydrogen) atoms. The molecule has 108 valence electrons. The van der Waals surface area contributed by atoms with Gasteiger partial charge in [0.25, 0.3) is 0 Å². The average molecular weight is 277 g/mol. The van der Waals surface area contributed by atoms with Crippen molar-refractivity contribution in [2.75, 3.05) is 6.54 Å². The molecule has 0 atom stereocenters. The third-order valence-electron chi connectivity index (χ3n) is 2.25. The first kappa shape index (κ1) is 15.8. The fourth-order valence-corrected chi connectivity index (χ4v) is 1.42. The van der Waals surface area contributed by atoms with Gasteiger partial charge in [-0.25, -0.2) is 4.79 Å². The van der Waals surface area contributed by atoms with Crippen LogP contribution in [0.25, 0.3) is 6.08 Å². The van der Waals surface area contributed by atoms with E-state index in [0.717, 1.165) is 5.56 Å². The van der Waals surface area contributed by atoms with Crippen molar-refractivity contribution in [3.63, 3.8) is 0 Å². The quantitative estimate of drug-likeness (QED) is 0.830. The molecular formula is C15H19NO4. The number of hydrogen-bond donors (Lipinski definition) is 2. The van der Waals surface area contributed by atoms with Crippen LogP contribution >= 0.6 is 0 Å². The second-order valence-electron chi connectivity index (χ2n) is 5.22. The molecule has 0 fully saturated rings. The van der Waals surface area contributed by atoms with Crippen molar-refractivity contribution < 1.29 is 19.4 Å². The maximum atomic E-state index is 11.4. The summed E-state index contributed by atoms with van der Waals surface area (Å²) in [4.78, 5) is 21.9. The summed E-state index contributed by atoms with van der Waals surface area (Å²) in [5.74, 6) is -0.0674. The highest BCUT2D eigenvalue weighted by atomic mass is 16.6. The SMILES string of the molecule is CC(C)(C)OC(=O)NCC=Cc1ccc(C=O)c(O)c1. The summed E-state index contributed by atoms with van der Waals surface area (Å²) in [5, 5.41) is 12.1. The Kier molecular flexibility index (Phi) is 5.32. The number of benzene rings is 1. The lowest BCUT2D eigenvalue weighted by Crippen LogP contribution is -2.32. The lowest BCUT2D eigenvalue weighted by molar-refractivity contribution is 0.0534. The zero-order valence-electron chi connectivity index (χ0n) is 11.8. The number of alkyl carbamates (subject to hydrolysis) is 1. The van der Waals surface area contributed by atoms with Crippen molar-refractivity contribution in [2.45, 2.75) is 26.4 Å². The van der Waals surface area contributed by atoms with Gasteiger partial charge in [0.2, 0.25) is 0 Å². The van der Waals surface area contributed by atoms with Crippen LogP contribution in [0.3, 0.4) is 0 Å². The molecule has 0 unspecified atom stereocenters. The van der Waals surface area contributed by atoms with Crippen LogP contribution in [0, 0.1) is 0 Å². The summed E-state index contributed by atoms with van der Waals surface area (Å²) in [6, 6.07) is 4.71. The Morgan fingerprint density at radius 3 is 2.65 bits per heavy atom. The summed E-state index contributed by atoms with van der Waals surface area (Å²) in [6.07, 6.45) is 3.55. The van der Waals surface area contributed by atoms with Gasteiger partial charge >= 0.3 is 6.09 Å². The van der Waals surface area contributed by atoms with E-state index >= 15 is 0 Å². The van der Waals surface area contributed by atoms with Gasteiger partial charge in [-0.1, -0.05) is 18.2 Å². The Balaban J connectivity index is 2.47. The minimum Gasteiger partial charge on any atom is -0.507 e. The van der Waals surface area contributed by atoms with E-state index in [1.807, 2.05) is 0 Å². The van der Waals surface area contributed by atoms with Crippen LogP contribution < -0.4 is 5.32 Å². The number of rotatable bonds is 4. The zero-order valence-corrected chi connectivity index (χ0v) is 11.8. The maximum absolute atomic E-state index is 11.4. The van der Waals surface area contributed by atoms with Gasteiger partial charge in [-0.15, -0.1) is 0 Å². The van der Waals surface area contributed by atoms with Crippen LogP contribution in [0.2, 0.25) is 0 Å². The normalized spacial score (nSPS) is 11.3. The number of carbonyl (C=O) groups excluding carboxylic acids is 2. The number of nitrogens with one attached hydrogen (secondary N) is 1. The van der Waals surface area contributed by atoms with E-state index in [9.17, 15) is 14.7 Å². The van der Waals surface area contributed by atoms with Crippen molar-refractivity contribution >= 4 is 18.5 Å². The van der Waals surface area contributed by atoms with Crippen LogP contribution in [0.5, 0.6) is 5.75 Å². The Hall–Kier alpha value is -2.30. The molecule has 1 rings (SSSR count). The molecule has 1 aromatic carbocycles. The average Bonchev–Trinajstić information content (AvgIpc) is 2.33. The molecule has 5 heteroatoms. The van der Waals surface area contributed by atoms with Crippen LogP contribution in [0.15, 0.2) is 24.3 Å². The first-order valence-corrected chi connectivity index (χ1v) is 6.23. The summed E-state index contributed by atoms with van der Waals surface area (Å²) >= 11 is 0. The predicted octanol–water partition coefficient (Wildman–Crippen LogP) is 2.74. The van der Waals surface area contributed by atoms with E-state index in [0.29, 0.717) is 12.8 Å². The molecule has 0 heterocycles. The first-order valence-electron chi connectivity index (χ1n) is 6.23. The number of carbonyl (C=O) groups is 2. The molecule has 0 aliphatic rings. The van der Waals surface area contributed by atoms with E-state index in [2.05, 4.69) is 5.32 Å². The number of ether oxygens (including phenoxy) is 1. The predicted molar refractivity (Wildman–Crippen MR) is 76.8 cm³/mol. The van der Waals surface area contributed by atoms with Crippen molar-refractivity contribution in [1.29, 1.82) is 0 Å². The zero-order chi connectivity index (χ0) is 15.2. The minimum atomic E-state index is -0.524. The Morgan fingerprint density at radius 2 is 2.10 bits per heavy atom. The summed E-state index contributed by atoms with van der Waals surface area (Å²) in [5.41, 5.74) is 0.456. The van der Waals surface area contributed by atoms with Gasteiger partial charge in [0.1, 0.15) is 11.4 Å². The molecule has 1 amide bonds. The largest absolute Gasteiger partial charge is 0.507 e. The highest BCUT2D eigenvalue weighted by molar-refractivity contribution is 5.80. The molecule has 0 spiro atoms. The summed E-state index contributed by atoms with van der Waals surface area (Å²) < 4.78 is 5.08. The number of phenolic OH excluding ortho intramolecular Hbond substituents is 1. The number of aromatic hydroxyl groups is 1. The molecular weight excluding hydrogens is 258 g/mol. The van der Waals surface area contributed by atoms with Crippen LogP contribution in [0.4, 0.5) is 4.79 Å². The van der Waals surface area contributed by atoms with Gasteiger partial charge in [-0.05, 0) is 38.5 Å². The molecule has 0 bridgehead atoms. The van der Waals surface area contributed by atoms with Gasteiger partial charge in [0.05, 0.1) is 5.56 Å². The number of aldehydes is 1. The molecule has 5 nitrogen and oxygen atoms in total. The maximum Gasteiger partial charge on any atom is 0.407 e. The fourth-order valence-electron chi connectivity index (χ4n) is 1.42. The van der Waals surface area contributed by atoms with E-state index in [1.165, 1.54) is 12.1 Å². The second kappa shape index (κ2) is 6.75. The summed E-state index contributed by atoms with van der Waals surface area (Å²) in [7, 11) is 0. The van der Waals surface area contributed by atoms with Crippen molar-refractivity contribution in [2.24, 2.45) is 0 Å². The van der Waals surface area contributed by atoms with Gasteiger partial charge < -0.3 is 15.2 Å². The second-order valence-corrected chi connectivity index (χ2v) is 5.22. The van der Waals surface area contributed by atoms with E-state index in [-0.39, 0.29) is 11.3 Å². The third-order valence-corrected chi connectivity index (χ3v) is 2.25. The molecule has 0 aliphatic heterocycles. The van der Waals surface area contributed by atoms with Crippen LogP contribution in [-0.2, 0) is 4.74 Å². The van der Waals surface area contributed by atoms with Crippen molar-refractivity contribution in [3.05, 3.63) is 35.4 Å². The molecule has 1 aromatic rings. The van der Waals surface area contributed by atoms with E-state index in [4.69, 9.17) is 4.74 Å². The molecule has 0 aliphatic carbocycles. The first-order chi connectivity index (χ1) is 9.31. The van der Waals surface area contributed by atoms with Gasteiger partial charge in [0.15, 0.2) is 6.29 Å². The minimum absolute atomic E-state index is 0.0674.